The minimum Gasteiger partial charge on any atom is -0.495 e. The van der Waals surface area contributed by atoms with E-state index < -0.39 is 70.4 Å². The van der Waals surface area contributed by atoms with E-state index in [2.05, 4.69) is 10.6 Å². The van der Waals surface area contributed by atoms with Crippen LogP contribution in [0.1, 0.15) is 79.2 Å². The van der Waals surface area contributed by atoms with Crippen LogP contribution in [0.2, 0.25) is 5.02 Å². The van der Waals surface area contributed by atoms with Crippen LogP contribution in [0.5, 0.6) is 5.75 Å². The first kappa shape index (κ1) is 61.2. The van der Waals surface area contributed by atoms with E-state index in [1.807, 2.05) is 26.8 Å². The highest BCUT2D eigenvalue weighted by Gasteiger charge is 2.64. The van der Waals surface area contributed by atoms with Gasteiger partial charge in [0.05, 0.1) is 83.9 Å². The predicted molar refractivity (Wildman–Crippen MR) is 274 cm³/mol. The standard InChI is InChI=1S/C51H77ClN4O16S/c1-33-13-11-14-40(65-10)51(63)31-39(70-48(62)54-51)34(2)46-50(6,72-46)41(30-44(60)56(8)37-28-36(27-33)29-38(64-9)45(37)52)71-47(61)35(3)55(7)43(59)15-16-49(4,5)73-32-42(58)53-17-20-67-22-24-69-26-25-68-23-21-66-19-12-18-57/h11,13-14,18,28-29,34-35,39-41,46,63H,12,15-17,19-27,30-32H2,1-10H3,(H,53,58)(H,54,62)/b14-11+,33-13+/t34-,35+,39+,40-,41+,46+,50+,51+/m1/s1. The monoisotopic (exact) mass is 1070 g/mol. The molecule has 2 saturated heterocycles. The normalized spacial score (nSPS) is 26.0. The number of ether oxygens (including phenoxy) is 9. The van der Waals surface area contributed by atoms with E-state index in [-0.39, 0.29) is 41.9 Å². The Kier molecular flexibility index (Phi) is 24.4. The van der Waals surface area contributed by atoms with E-state index in [0.29, 0.717) is 90.1 Å². The predicted octanol–water partition coefficient (Wildman–Crippen LogP) is 4.58. The van der Waals surface area contributed by atoms with Gasteiger partial charge in [-0.25, -0.2) is 9.59 Å². The van der Waals surface area contributed by atoms with Gasteiger partial charge in [0.15, 0.2) is 5.72 Å². The van der Waals surface area contributed by atoms with Crippen molar-refractivity contribution in [1.29, 1.82) is 0 Å². The number of esters is 1. The maximum absolute atomic E-state index is 14.4. The number of allylic oxidation sites excluding steroid dienone is 3. The molecule has 1 aromatic rings. The summed E-state index contributed by atoms with van der Waals surface area (Å²) >= 11 is 8.22. The lowest BCUT2D eigenvalue weighted by Crippen LogP contribution is -2.63. The average Bonchev–Trinajstić information content (AvgIpc) is 4.05. The number of amides is 4. The van der Waals surface area contributed by atoms with Crippen LogP contribution in [0, 0.1) is 5.92 Å². The number of methoxy groups -OCH3 is 2. The number of hydrogen-bond donors (Lipinski definition) is 3. The third kappa shape index (κ3) is 18.5. The largest absolute Gasteiger partial charge is 0.495 e. The molecule has 73 heavy (non-hydrogen) atoms. The molecule has 0 unspecified atom stereocenters. The molecule has 8 atom stereocenters. The number of aliphatic hydroxyl groups is 1. The van der Waals surface area contributed by atoms with Gasteiger partial charge in [-0.2, -0.15) is 0 Å². The van der Waals surface area contributed by atoms with Gasteiger partial charge < -0.3 is 67.6 Å². The summed E-state index contributed by atoms with van der Waals surface area (Å²) in [5.41, 5.74) is -1.09. The Morgan fingerprint density at radius 3 is 2.34 bits per heavy atom. The number of nitrogens with zero attached hydrogens (tertiary/aromatic N) is 2. The number of fused-ring (bicyclic) bond motifs is 5. The number of likely N-dealkylation sites (N-methyl/N-ethyl adjacent to an activating group) is 1. The number of benzene rings is 1. The summed E-state index contributed by atoms with van der Waals surface area (Å²) < 4.78 is 50.6. The van der Waals surface area contributed by atoms with Gasteiger partial charge in [0.2, 0.25) is 17.7 Å². The number of nitrogens with one attached hydrogen (secondary N) is 2. The minimum atomic E-state index is -1.86. The Morgan fingerprint density at radius 1 is 1.07 bits per heavy atom. The van der Waals surface area contributed by atoms with E-state index in [1.54, 1.807) is 45.2 Å². The van der Waals surface area contributed by atoms with Gasteiger partial charge in [-0.1, -0.05) is 56.2 Å². The molecule has 20 nitrogen and oxygen atoms in total. The van der Waals surface area contributed by atoms with Gasteiger partial charge in [0.1, 0.15) is 47.0 Å². The maximum atomic E-state index is 14.4. The van der Waals surface area contributed by atoms with Crippen molar-refractivity contribution in [3.05, 3.63) is 46.5 Å². The molecule has 4 bridgehead atoms. The van der Waals surface area contributed by atoms with E-state index in [9.17, 15) is 33.9 Å². The molecule has 3 N–H and O–H groups in total. The second kappa shape index (κ2) is 29.1. The summed E-state index contributed by atoms with van der Waals surface area (Å²) in [4.78, 5) is 80.7. The molecule has 3 heterocycles. The number of anilines is 1. The van der Waals surface area contributed by atoms with Crippen molar-refractivity contribution in [3.8, 4) is 5.75 Å². The van der Waals surface area contributed by atoms with Gasteiger partial charge in [0, 0.05) is 57.7 Å². The lowest BCUT2D eigenvalue weighted by Gasteiger charge is -2.42. The van der Waals surface area contributed by atoms with Crippen LogP contribution in [0.25, 0.3) is 0 Å². The molecule has 4 amide bonds. The molecule has 0 saturated carbocycles. The Hall–Kier alpha value is -4.32. The summed E-state index contributed by atoms with van der Waals surface area (Å²) in [6.07, 6.45) is 2.22. The van der Waals surface area contributed by atoms with Gasteiger partial charge in [-0.15, -0.1) is 11.8 Å². The minimum absolute atomic E-state index is 0.0709. The zero-order valence-corrected chi connectivity index (χ0v) is 45.6. The highest BCUT2D eigenvalue weighted by Crippen LogP contribution is 2.49. The van der Waals surface area contributed by atoms with Crippen LogP contribution in [-0.2, 0) is 68.3 Å². The number of carbonyl (C=O) groups is 6. The lowest BCUT2D eigenvalue weighted by atomic mass is 9.83. The second-order valence-corrected chi connectivity index (χ2v) is 21.3. The quantitative estimate of drug-likeness (QED) is 0.0498. The van der Waals surface area contributed by atoms with E-state index in [4.69, 9.17) is 54.2 Å². The van der Waals surface area contributed by atoms with Crippen LogP contribution in [0.4, 0.5) is 10.5 Å². The maximum Gasteiger partial charge on any atom is 0.409 e. The van der Waals surface area contributed by atoms with Crippen molar-refractivity contribution in [1.82, 2.24) is 15.5 Å². The van der Waals surface area contributed by atoms with Crippen molar-refractivity contribution in [2.75, 3.05) is 98.4 Å². The van der Waals surface area contributed by atoms with Crippen LogP contribution < -0.4 is 20.3 Å². The lowest BCUT2D eigenvalue weighted by molar-refractivity contribution is -0.162. The van der Waals surface area contributed by atoms with Gasteiger partial charge in [-0.3, -0.25) is 19.7 Å². The molecule has 2 fully saturated rings. The molecular formula is C51H77ClN4O16S. The molecule has 4 rings (SSSR count). The summed E-state index contributed by atoms with van der Waals surface area (Å²) in [6, 6.07) is 2.48. The number of aldehydes is 1. The Labute approximate surface area is 438 Å². The molecule has 1 aromatic carbocycles. The molecule has 3 aliphatic heterocycles. The first-order valence-corrected chi connectivity index (χ1v) is 26.0. The molecule has 3 aliphatic rings. The van der Waals surface area contributed by atoms with Crippen molar-refractivity contribution in [3.63, 3.8) is 0 Å². The number of thioether (sulfide) groups is 1. The summed E-state index contributed by atoms with van der Waals surface area (Å²) in [7, 11) is 5.97. The molecule has 410 valence electrons. The fourth-order valence-electron chi connectivity index (χ4n) is 8.34. The fraction of sp³-hybridized carbons (Fsp3) is 0.686. The highest BCUT2D eigenvalue weighted by atomic mass is 35.5. The van der Waals surface area contributed by atoms with Crippen molar-refractivity contribution in [2.24, 2.45) is 5.92 Å². The number of carbonyl (C=O) groups excluding carboxylic acids is 6. The van der Waals surface area contributed by atoms with Gasteiger partial charge >= 0.3 is 12.1 Å². The van der Waals surface area contributed by atoms with Gasteiger partial charge in [0.25, 0.3) is 0 Å². The molecular weight excluding hydrogens is 992 g/mol. The number of alkyl carbamates (subject to hydrolysis) is 1. The van der Waals surface area contributed by atoms with Crippen LogP contribution >= 0.6 is 23.4 Å². The molecule has 0 aliphatic carbocycles. The van der Waals surface area contributed by atoms with E-state index in [0.717, 1.165) is 17.4 Å². The van der Waals surface area contributed by atoms with Crippen molar-refractivity contribution < 1.29 is 76.5 Å². The Morgan fingerprint density at radius 2 is 1.71 bits per heavy atom. The number of rotatable bonds is 26. The fourth-order valence-corrected chi connectivity index (χ4v) is 9.53. The second-order valence-electron chi connectivity index (χ2n) is 19.2. The molecule has 0 radical (unpaired) electrons. The number of epoxide rings is 1. The van der Waals surface area contributed by atoms with Gasteiger partial charge in [-0.05, 0) is 51.3 Å². The highest BCUT2D eigenvalue weighted by molar-refractivity contribution is 8.01. The third-order valence-corrected chi connectivity index (χ3v) is 14.9. The number of halogens is 1. The summed E-state index contributed by atoms with van der Waals surface area (Å²) in [6.45, 7) is 14.2. The summed E-state index contributed by atoms with van der Waals surface area (Å²) in [5.74, 6) is -1.82. The van der Waals surface area contributed by atoms with E-state index >= 15 is 0 Å². The average molecular weight is 1070 g/mol. The first-order valence-electron chi connectivity index (χ1n) is 24.6. The number of hydrogen-bond acceptors (Lipinski definition) is 17. The van der Waals surface area contributed by atoms with Crippen LogP contribution in [0.3, 0.4) is 0 Å². The zero-order chi connectivity index (χ0) is 53.9. The Bertz CT molecular complexity index is 2100. The van der Waals surface area contributed by atoms with Crippen LogP contribution in [0.15, 0.2) is 35.9 Å². The smallest absolute Gasteiger partial charge is 0.409 e. The molecule has 0 spiro atoms. The Balaban J connectivity index is 1.36. The zero-order valence-electron chi connectivity index (χ0n) is 44.0. The first-order chi connectivity index (χ1) is 34.6. The van der Waals surface area contributed by atoms with Crippen molar-refractivity contribution >= 4 is 65.1 Å². The molecule has 22 heteroatoms. The van der Waals surface area contributed by atoms with Crippen LogP contribution in [-0.4, -0.2) is 186 Å². The van der Waals surface area contributed by atoms with E-state index in [1.165, 1.54) is 49.8 Å². The topological polar surface area (TPSA) is 240 Å². The summed E-state index contributed by atoms with van der Waals surface area (Å²) in [5, 5.41) is 17.4. The third-order valence-electron chi connectivity index (χ3n) is 13.1. The SMILES string of the molecule is COc1cc2cc(c1Cl)N(C)C(=O)C[C@H](OC(=O)[C@H](C)N(C)C(=O)CCC(C)(C)SCC(=O)NCCOCCOCCOCCOCCC=O)[C@]1(C)O[C@H]1[C@H](C)[C@@H]1C[C@@](O)(NC(=O)O1)[C@H](OC)/C=C/C=C(\C)C2. The van der Waals surface area contributed by atoms with Crippen molar-refractivity contribution in [2.45, 2.75) is 127 Å². The molecule has 0 aromatic heterocycles.